The fourth-order valence-corrected chi connectivity index (χ4v) is 1.84. The van der Waals surface area contributed by atoms with Gasteiger partial charge >= 0.3 is 0 Å². The number of nitrogens with zero attached hydrogens (tertiary/aromatic N) is 2. The SMILES string of the molecule is CC(C)C(=O)NCC(C)n1nc(-c2ccco2)ccc1=O. The molecule has 2 aromatic rings. The van der Waals surface area contributed by atoms with Crippen LogP contribution in [0.1, 0.15) is 26.8 Å². The summed E-state index contributed by atoms with van der Waals surface area (Å²) in [6.45, 7) is 5.83. The first-order valence-electron chi connectivity index (χ1n) is 6.90. The predicted molar refractivity (Wildman–Crippen MR) is 78.8 cm³/mol. The third kappa shape index (κ3) is 3.59. The van der Waals surface area contributed by atoms with Gasteiger partial charge in [0.05, 0.1) is 12.3 Å². The number of amides is 1. The lowest BCUT2D eigenvalue weighted by atomic mass is 10.2. The minimum atomic E-state index is -0.241. The quantitative estimate of drug-likeness (QED) is 0.911. The predicted octanol–water partition coefficient (Wildman–Crippen LogP) is 1.84. The van der Waals surface area contributed by atoms with Crippen molar-refractivity contribution in [1.82, 2.24) is 15.1 Å². The van der Waals surface area contributed by atoms with Gasteiger partial charge in [0.15, 0.2) is 5.76 Å². The summed E-state index contributed by atoms with van der Waals surface area (Å²) in [5.41, 5.74) is 0.373. The number of carbonyl (C=O) groups excluding carboxylic acids is 1. The molecule has 1 unspecified atom stereocenters. The van der Waals surface area contributed by atoms with Gasteiger partial charge in [-0.2, -0.15) is 5.10 Å². The van der Waals surface area contributed by atoms with Crippen LogP contribution in [-0.4, -0.2) is 22.2 Å². The van der Waals surface area contributed by atoms with Crippen LogP contribution in [0.15, 0.2) is 39.7 Å². The van der Waals surface area contributed by atoms with Crippen LogP contribution in [0.25, 0.3) is 11.5 Å². The van der Waals surface area contributed by atoms with E-state index in [-0.39, 0.29) is 23.4 Å². The normalized spacial score (nSPS) is 12.4. The number of hydrogen-bond donors (Lipinski definition) is 1. The van der Waals surface area contributed by atoms with E-state index >= 15 is 0 Å². The fourth-order valence-electron chi connectivity index (χ4n) is 1.84. The molecular weight excluding hydrogens is 270 g/mol. The molecular formula is C15H19N3O3. The highest BCUT2D eigenvalue weighted by Crippen LogP contribution is 2.15. The Labute approximate surface area is 122 Å². The maximum atomic E-state index is 11.9. The van der Waals surface area contributed by atoms with Gasteiger partial charge in [0.2, 0.25) is 5.91 Å². The van der Waals surface area contributed by atoms with Crippen molar-refractivity contribution in [2.45, 2.75) is 26.8 Å². The van der Waals surface area contributed by atoms with Gasteiger partial charge in [-0.1, -0.05) is 13.8 Å². The van der Waals surface area contributed by atoms with E-state index in [4.69, 9.17) is 4.42 Å². The number of nitrogens with one attached hydrogen (secondary N) is 1. The molecule has 0 fully saturated rings. The molecule has 1 N–H and O–H groups in total. The first-order chi connectivity index (χ1) is 9.99. The van der Waals surface area contributed by atoms with Crippen LogP contribution < -0.4 is 10.9 Å². The molecule has 0 aliphatic heterocycles. The molecule has 21 heavy (non-hydrogen) atoms. The van der Waals surface area contributed by atoms with Gasteiger partial charge in [-0.3, -0.25) is 9.59 Å². The zero-order valence-corrected chi connectivity index (χ0v) is 12.4. The monoisotopic (exact) mass is 289 g/mol. The smallest absolute Gasteiger partial charge is 0.267 e. The van der Waals surface area contributed by atoms with Gasteiger partial charge in [-0.05, 0) is 25.1 Å². The summed E-state index contributed by atoms with van der Waals surface area (Å²) in [5.74, 6) is 0.468. The highest BCUT2D eigenvalue weighted by Gasteiger charge is 2.13. The number of hydrogen-bond acceptors (Lipinski definition) is 4. The Morgan fingerprint density at radius 1 is 1.33 bits per heavy atom. The van der Waals surface area contributed by atoms with Crippen LogP contribution in [0.2, 0.25) is 0 Å². The van der Waals surface area contributed by atoms with Crippen LogP contribution in [0.3, 0.4) is 0 Å². The molecule has 0 aliphatic carbocycles. The van der Waals surface area contributed by atoms with Crippen molar-refractivity contribution < 1.29 is 9.21 Å². The molecule has 6 heteroatoms. The second kappa shape index (κ2) is 6.39. The minimum Gasteiger partial charge on any atom is -0.463 e. The van der Waals surface area contributed by atoms with E-state index in [1.165, 1.54) is 10.7 Å². The van der Waals surface area contributed by atoms with E-state index in [2.05, 4.69) is 10.4 Å². The fraction of sp³-hybridized carbons (Fsp3) is 0.400. The third-order valence-corrected chi connectivity index (χ3v) is 3.11. The van der Waals surface area contributed by atoms with E-state index in [0.717, 1.165) is 0 Å². The van der Waals surface area contributed by atoms with Gasteiger partial charge in [0.1, 0.15) is 5.69 Å². The molecule has 0 saturated heterocycles. The Kier molecular flexibility index (Phi) is 4.57. The number of aromatic nitrogens is 2. The highest BCUT2D eigenvalue weighted by atomic mass is 16.3. The van der Waals surface area contributed by atoms with Crippen molar-refractivity contribution in [2.24, 2.45) is 5.92 Å². The maximum Gasteiger partial charge on any atom is 0.267 e. The molecule has 2 aromatic heterocycles. The molecule has 1 amide bonds. The summed E-state index contributed by atoms with van der Waals surface area (Å²) in [4.78, 5) is 23.5. The lowest BCUT2D eigenvalue weighted by molar-refractivity contribution is -0.124. The van der Waals surface area contributed by atoms with E-state index < -0.39 is 0 Å². The molecule has 0 spiro atoms. The summed E-state index contributed by atoms with van der Waals surface area (Å²) in [6, 6.07) is 6.37. The molecule has 112 valence electrons. The Morgan fingerprint density at radius 2 is 2.10 bits per heavy atom. The van der Waals surface area contributed by atoms with Crippen LogP contribution in [0, 0.1) is 5.92 Å². The second-order valence-corrected chi connectivity index (χ2v) is 5.23. The molecule has 6 nitrogen and oxygen atoms in total. The zero-order valence-electron chi connectivity index (χ0n) is 12.4. The summed E-state index contributed by atoms with van der Waals surface area (Å²) < 4.78 is 6.64. The molecule has 0 aliphatic rings. The maximum absolute atomic E-state index is 11.9. The van der Waals surface area contributed by atoms with Crippen molar-refractivity contribution in [1.29, 1.82) is 0 Å². The molecule has 0 radical (unpaired) electrons. The van der Waals surface area contributed by atoms with Crippen LogP contribution in [-0.2, 0) is 4.79 Å². The van der Waals surface area contributed by atoms with E-state index in [0.29, 0.717) is 18.0 Å². The van der Waals surface area contributed by atoms with Crippen LogP contribution in [0.4, 0.5) is 0 Å². The zero-order chi connectivity index (χ0) is 15.4. The highest BCUT2D eigenvalue weighted by molar-refractivity contribution is 5.77. The second-order valence-electron chi connectivity index (χ2n) is 5.23. The standard InChI is InChI=1S/C15H19N3O3/c1-10(2)15(20)16-9-11(3)18-14(19)7-6-12(17-18)13-5-4-8-21-13/h4-8,10-11H,9H2,1-3H3,(H,16,20). The largest absolute Gasteiger partial charge is 0.463 e. The third-order valence-electron chi connectivity index (χ3n) is 3.11. The van der Waals surface area contributed by atoms with Crippen molar-refractivity contribution in [3.05, 3.63) is 40.9 Å². The summed E-state index contributed by atoms with van der Waals surface area (Å²) in [5, 5.41) is 7.10. The molecule has 2 rings (SSSR count). The lowest BCUT2D eigenvalue weighted by Gasteiger charge is -2.16. The van der Waals surface area contributed by atoms with Crippen molar-refractivity contribution in [3.63, 3.8) is 0 Å². The number of furan rings is 1. The van der Waals surface area contributed by atoms with E-state index in [1.807, 2.05) is 20.8 Å². The van der Waals surface area contributed by atoms with Crippen LogP contribution in [0.5, 0.6) is 0 Å². The number of rotatable bonds is 5. The minimum absolute atomic E-state index is 0.0444. The lowest BCUT2D eigenvalue weighted by Crippen LogP contribution is -2.36. The first-order valence-corrected chi connectivity index (χ1v) is 6.90. The van der Waals surface area contributed by atoms with Crippen molar-refractivity contribution in [3.8, 4) is 11.5 Å². The van der Waals surface area contributed by atoms with E-state index in [9.17, 15) is 9.59 Å². The Morgan fingerprint density at radius 3 is 2.71 bits per heavy atom. The summed E-state index contributed by atoms with van der Waals surface area (Å²) >= 11 is 0. The summed E-state index contributed by atoms with van der Waals surface area (Å²) in [6.07, 6.45) is 1.55. The average molecular weight is 289 g/mol. The van der Waals surface area contributed by atoms with Crippen molar-refractivity contribution in [2.75, 3.05) is 6.54 Å². The Balaban J connectivity index is 2.17. The van der Waals surface area contributed by atoms with Gasteiger partial charge in [-0.15, -0.1) is 0 Å². The molecule has 0 saturated carbocycles. The Bertz CT molecular complexity index is 659. The number of carbonyl (C=O) groups is 1. The van der Waals surface area contributed by atoms with E-state index in [1.54, 1.807) is 24.5 Å². The van der Waals surface area contributed by atoms with Crippen LogP contribution >= 0.6 is 0 Å². The molecule has 2 heterocycles. The topological polar surface area (TPSA) is 77.1 Å². The molecule has 0 bridgehead atoms. The van der Waals surface area contributed by atoms with Gasteiger partial charge in [0, 0.05) is 18.5 Å². The summed E-state index contributed by atoms with van der Waals surface area (Å²) in [7, 11) is 0. The molecule has 0 aromatic carbocycles. The Hall–Kier alpha value is -2.37. The van der Waals surface area contributed by atoms with Gasteiger partial charge in [0.25, 0.3) is 5.56 Å². The average Bonchev–Trinajstić information content (AvgIpc) is 2.98. The van der Waals surface area contributed by atoms with Gasteiger partial charge in [-0.25, -0.2) is 4.68 Å². The first kappa shape index (κ1) is 15.0. The van der Waals surface area contributed by atoms with Gasteiger partial charge < -0.3 is 9.73 Å². The van der Waals surface area contributed by atoms with Crippen molar-refractivity contribution >= 4 is 5.91 Å². The molecule has 1 atom stereocenters.